The van der Waals surface area contributed by atoms with E-state index in [0.29, 0.717) is 6.04 Å². The lowest BCUT2D eigenvalue weighted by atomic mass is 10.2. The van der Waals surface area contributed by atoms with Crippen molar-refractivity contribution >= 4 is 33.3 Å². The highest BCUT2D eigenvalue weighted by atomic mass is 79.9. The van der Waals surface area contributed by atoms with Gasteiger partial charge < -0.3 is 10.2 Å². The van der Waals surface area contributed by atoms with Gasteiger partial charge in [-0.05, 0) is 47.7 Å². The number of hydrogen-bond donors (Lipinski definition) is 1. The van der Waals surface area contributed by atoms with Crippen molar-refractivity contribution in [2.45, 2.75) is 37.8 Å². The molecular weight excluding hydrogens is 314 g/mol. The molecule has 1 saturated carbocycles. The summed E-state index contributed by atoms with van der Waals surface area (Å²) in [7, 11) is 0. The third kappa shape index (κ3) is 2.81. The maximum Gasteiger partial charge on any atom is 0.147 e. The van der Waals surface area contributed by atoms with Crippen LogP contribution in [0.5, 0.6) is 0 Å². The number of halogens is 2. The molecule has 1 saturated heterocycles. The number of hydrogen-bond acceptors (Lipinski definition) is 3. The zero-order chi connectivity index (χ0) is 12.5. The van der Waals surface area contributed by atoms with Crippen LogP contribution in [0.15, 0.2) is 16.7 Å². The molecule has 2 heterocycles. The average molecular weight is 331 g/mol. The summed E-state index contributed by atoms with van der Waals surface area (Å²) in [5.74, 6) is 0.931. The van der Waals surface area contributed by atoms with Gasteiger partial charge in [0.05, 0.1) is 5.02 Å². The number of pyridine rings is 1. The molecule has 1 N–H and O–H groups in total. The van der Waals surface area contributed by atoms with Crippen LogP contribution in [0.25, 0.3) is 0 Å². The molecule has 3 nitrogen and oxygen atoms in total. The molecule has 1 atom stereocenters. The number of aromatic nitrogens is 1. The van der Waals surface area contributed by atoms with Crippen molar-refractivity contribution in [1.82, 2.24) is 10.3 Å². The van der Waals surface area contributed by atoms with E-state index in [1.165, 1.54) is 25.7 Å². The maximum absolute atomic E-state index is 6.30. The summed E-state index contributed by atoms with van der Waals surface area (Å²) in [6.07, 6.45) is 6.96. The molecular formula is C13H17BrClN3. The molecule has 1 aromatic heterocycles. The third-order valence-corrected chi connectivity index (χ3v) is 4.37. The van der Waals surface area contributed by atoms with Gasteiger partial charge in [-0.25, -0.2) is 4.98 Å². The van der Waals surface area contributed by atoms with Crippen molar-refractivity contribution in [3.8, 4) is 0 Å². The first-order chi connectivity index (χ1) is 8.74. The molecule has 5 heteroatoms. The molecule has 1 aliphatic heterocycles. The van der Waals surface area contributed by atoms with E-state index in [4.69, 9.17) is 11.6 Å². The van der Waals surface area contributed by atoms with Crippen molar-refractivity contribution in [3.05, 3.63) is 21.8 Å². The summed E-state index contributed by atoms with van der Waals surface area (Å²) < 4.78 is 0.933. The van der Waals surface area contributed by atoms with E-state index < -0.39 is 0 Å². The van der Waals surface area contributed by atoms with E-state index in [9.17, 15) is 0 Å². The summed E-state index contributed by atoms with van der Waals surface area (Å²) >= 11 is 9.70. The molecule has 0 amide bonds. The van der Waals surface area contributed by atoms with E-state index in [-0.39, 0.29) is 0 Å². The SMILES string of the molecule is Clc1cc(Br)cnc1N1CCCC1CNC1CC1. The van der Waals surface area contributed by atoms with Crippen LogP contribution < -0.4 is 10.2 Å². The van der Waals surface area contributed by atoms with Crippen LogP contribution in [0.4, 0.5) is 5.82 Å². The molecule has 0 radical (unpaired) electrons. The molecule has 2 fully saturated rings. The first-order valence-corrected chi connectivity index (χ1v) is 7.72. The molecule has 1 aliphatic carbocycles. The van der Waals surface area contributed by atoms with Gasteiger partial charge >= 0.3 is 0 Å². The van der Waals surface area contributed by atoms with Crippen LogP contribution in [0, 0.1) is 0 Å². The van der Waals surface area contributed by atoms with E-state index >= 15 is 0 Å². The average Bonchev–Trinajstić information content (AvgIpc) is 3.06. The van der Waals surface area contributed by atoms with Crippen molar-refractivity contribution in [2.24, 2.45) is 0 Å². The van der Waals surface area contributed by atoms with Crippen LogP contribution in [0.2, 0.25) is 5.02 Å². The van der Waals surface area contributed by atoms with Gasteiger partial charge in [0.2, 0.25) is 0 Å². The van der Waals surface area contributed by atoms with Gasteiger partial charge in [-0.1, -0.05) is 11.6 Å². The maximum atomic E-state index is 6.30. The van der Waals surface area contributed by atoms with E-state index in [1.54, 1.807) is 0 Å². The minimum absolute atomic E-state index is 0.539. The fourth-order valence-electron chi connectivity index (χ4n) is 2.54. The standard InChI is InChI=1S/C13H17BrClN3/c14-9-6-12(15)13(17-7-9)18-5-1-2-11(18)8-16-10-3-4-10/h6-7,10-11,16H,1-5,8H2. The lowest BCUT2D eigenvalue weighted by Gasteiger charge is -2.26. The predicted octanol–water partition coefficient (Wildman–Crippen LogP) is 3.22. The second kappa shape index (κ2) is 5.35. The van der Waals surface area contributed by atoms with Gasteiger partial charge in [0.15, 0.2) is 0 Å². The second-order valence-corrected chi connectivity index (χ2v) is 6.45. The highest BCUT2D eigenvalue weighted by Gasteiger charge is 2.29. The fraction of sp³-hybridized carbons (Fsp3) is 0.615. The molecule has 98 valence electrons. The van der Waals surface area contributed by atoms with E-state index in [1.807, 2.05) is 12.3 Å². The Balaban J connectivity index is 1.72. The second-order valence-electron chi connectivity index (χ2n) is 5.13. The Morgan fingerprint density at radius 3 is 3.00 bits per heavy atom. The number of rotatable bonds is 4. The molecule has 18 heavy (non-hydrogen) atoms. The predicted molar refractivity (Wildman–Crippen MR) is 78.3 cm³/mol. The number of anilines is 1. The van der Waals surface area contributed by atoms with Crippen LogP contribution >= 0.6 is 27.5 Å². The van der Waals surface area contributed by atoms with E-state index in [0.717, 1.165) is 34.4 Å². The molecule has 1 aromatic rings. The van der Waals surface area contributed by atoms with Gasteiger partial charge in [-0.2, -0.15) is 0 Å². The highest BCUT2D eigenvalue weighted by molar-refractivity contribution is 9.10. The minimum Gasteiger partial charge on any atom is -0.351 e. The van der Waals surface area contributed by atoms with Gasteiger partial charge in [0.1, 0.15) is 5.82 Å². The molecule has 1 unspecified atom stereocenters. The Morgan fingerprint density at radius 2 is 2.28 bits per heavy atom. The lowest BCUT2D eigenvalue weighted by molar-refractivity contribution is 0.568. The summed E-state index contributed by atoms with van der Waals surface area (Å²) in [6, 6.07) is 3.23. The molecule has 0 spiro atoms. The first-order valence-electron chi connectivity index (χ1n) is 6.55. The quantitative estimate of drug-likeness (QED) is 0.919. The van der Waals surface area contributed by atoms with Gasteiger partial charge in [-0.3, -0.25) is 0 Å². The van der Waals surface area contributed by atoms with Crippen LogP contribution in [-0.2, 0) is 0 Å². The zero-order valence-electron chi connectivity index (χ0n) is 10.2. The van der Waals surface area contributed by atoms with Crippen LogP contribution in [0.3, 0.4) is 0 Å². The van der Waals surface area contributed by atoms with Crippen LogP contribution in [0.1, 0.15) is 25.7 Å². The normalized spacial score (nSPS) is 23.7. The largest absolute Gasteiger partial charge is 0.351 e. The number of nitrogens with zero attached hydrogens (tertiary/aromatic N) is 2. The molecule has 3 rings (SSSR count). The van der Waals surface area contributed by atoms with Gasteiger partial charge in [0, 0.05) is 35.8 Å². The van der Waals surface area contributed by atoms with Gasteiger partial charge in [-0.15, -0.1) is 0 Å². The smallest absolute Gasteiger partial charge is 0.147 e. The molecule has 0 bridgehead atoms. The third-order valence-electron chi connectivity index (χ3n) is 3.66. The van der Waals surface area contributed by atoms with E-state index in [2.05, 4.69) is 31.1 Å². The van der Waals surface area contributed by atoms with Crippen molar-refractivity contribution in [2.75, 3.05) is 18.0 Å². The lowest BCUT2D eigenvalue weighted by Crippen LogP contribution is -2.39. The highest BCUT2D eigenvalue weighted by Crippen LogP contribution is 2.31. The van der Waals surface area contributed by atoms with Crippen LogP contribution in [-0.4, -0.2) is 30.2 Å². The first kappa shape index (κ1) is 12.7. The Kier molecular flexibility index (Phi) is 3.78. The molecule has 0 aromatic carbocycles. The fourth-order valence-corrected chi connectivity index (χ4v) is 3.27. The topological polar surface area (TPSA) is 28.2 Å². The van der Waals surface area contributed by atoms with Crippen molar-refractivity contribution in [1.29, 1.82) is 0 Å². The zero-order valence-corrected chi connectivity index (χ0v) is 12.5. The Hall–Kier alpha value is -0.320. The Bertz CT molecular complexity index is 436. The van der Waals surface area contributed by atoms with Crippen molar-refractivity contribution in [3.63, 3.8) is 0 Å². The van der Waals surface area contributed by atoms with Gasteiger partial charge in [0.25, 0.3) is 0 Å². The Morgan fingerprint density at radius 1 is 1.44 bits per heavy atom. The van der Waals surface area contributed by atoms with Crippen molar-refractivity contribution < 1.29 is 0 Å². The summed E-state index contributed by atoms with van der Waals surface area (Å²) in [6.45, 7) is 2.12. The number of nitrogens with one attached hydrogen (secondary N) is 1. The summed E-state index contributed by atoms with van der Waals surface area (Å²) in [4.78, 5) is 6.82. The summed E-state index contributed by atoms with van der Waals surface area (Å²) in [5, 5.41) is 4.35. The monoisotopic (exact) mass is 329 g/mol. The minimum atomic E-state index is 0.539. The Labute approximate surface area is 121 Å². The summed E-state index contributed by atoms with van der Waals surface area (Å²) in [5.41, 5.74) is 0. The molecule has 2 aliphatic rings.